The van der Waals surface area contributed by atoms with Crippen molar-refractivity contribution in [2.75, 3.05) is 0 Å². The summed E-state index contributed by atoms with van der Waals surface area (Å²) in [5.41, 5.74) is 1.35. The van der Waals surface area contributed by atoms with Crippen molar-refractivity contribution in [1.29, 1.82) is 0 Å². The SMILES string of the molecule is FC(F)(F)c1ccc(Oc2ncccc2-c2cnn3ccccc23)cn1. The van der Waals surface area contributed by atoms with Gasteiger partial charge in [0.05, 0.1) is 17.9 Å². The number of pyridine rings is 3. The van der Waals surface area contributed by atoms with Crippen LogP contribution in [-0.4, -0.2) is 19.6 Å². The van der Waals surface area contributed by atoms with Crippen molar-refractivity contribution in [3.63, 3.8) is 0 Å². The predicted octanol–water partition coefficient (Wildman–Crippen LogP) is 4.60. The van der Waals surface area contributed by atoms with Crippen molar-refractivity contribution >= 4 is 5.52 Å². The number of fused-ring (bicyclic) bond motifs is 1. The van der Waals surface area contributed by atoms with Crippen molar-refractivity contribution in [2.24, 2.45) is 0 Å². The summed E-state index contributed by atoms with van der Waals surface area (Å²) < 4.78 is 45.2. The second kappa shape index (κ2) is 6.14. The molecule has 0 aliphatic rings. The molecular weight excluding hydrogens is 345 g/mol. The molecular formula is C18H11F3N4O. The zero-order chi connectivity index (χ0) is 18.1. The standard InChI is InChI=1S/C18H11F3N4O/c19-18(20,21)16-7-6-12(10-23-16)26-17-13(4-3-8-22-17)14-11-24-25-9-2-1-5-15(14)25/h1-11H. The van der Waals surface area contributed by atoms with E-state index in [0.29, 0.717) is 5.56 Å². The lowest BCUT2D eigenvalue weighted by Gasteiger charge is -2.10. The molecule has 8 heteroatoms. The van der Waals surface area contributed by atoms with Gasteiger partial charge >= 0.3 is 6.18 Å². The molecule has 0 saturated carbocycles. The van der Waals surface area contributed by atoms with Gasteiger partial charge in [-0.05, 0) is 36.4 Å². The maximum atomic E-state index is 12.6. The van der Waals surface area contributed by atoms with Crippen LogP contribution in [0.5, 0.6) is 11.6 Å². The molecule has 0 aromatic carbocycles. The normalized spacial score (nSPS) is 11.7. The highest BCUT2D eigenvalue weighted by Crippen LogP contribution is 2.34. The Labute approximate surface area is 145 Å². The smallest absolute Gasteiger partial charge is 0.433 e. The minimum atomic E-state index is -4.49. The van der Waals surface area contributed by atoms with E-state index in [-0.39, 0.29) is 11.6 Å². The molecule has 4 rings (SSSR count). The molecule has 0 aliphatic heterocycles. The summed E-state index contributed by atoms with van der Waals surface area (Å²) in [4.78, 5) is 7.59. The number of halogens is 3. The van der Waals surface area contributed by atoms with Crippen LogP contribution in [-0.2, 0) is 6.18 Å². The number of hydrogen-bond donors (Lipinski definition) is 0. The first kappa shape index (κ1) is 16.1. The fourth-order valence-corrected chi connectivity index (χ4v) is 2.54. The van der Waals surface area contributed by atoms with E-state index in [9.17, 15) is 13.2 Å². The van der Waals surface area contributed by atoms with E-state index in [1.165, 1.54) is 6.07 Å². The summed E-state index contributed by atoms with van der Waals surface area (Å²) >= 11 is 0. The second-order valence-corrected chi connectivity index (χ2v) is 5.42. The highest BCUT2D eigenvalue weighted by Gasteiger charge is 2.32. The Kier molecular flexibility index (Phi) is 3.80. The van der Waals surface area contributed by atoms with Crippen molar-refractivity contribution < 1.29 is 17.9 Å². The van der Waals surface area contributed by atoms with Crippen LogP contribution in [0.1, 0.15) is 5.69 Å². The molecule has 0 fully saturated rings. The fourth-order valence-electron chi connectivity index (χ4n) is 2.54. The van der Waals surface area contributed by atoms with Crippen molar-refractivity contribution in [3.8, 4) is 22.8 Å². The molecule has 0 N–H and O–H groups in total. The van der Waals surface area contributed by atoms with Gasteiger partial charge in [-0.2, -0.15) is 18.3 Å². The second-order valence-electron chi connectivity index (χ2n) is 5.42. The molecule has 0 aliphatic carbocycles. The van der Waals surface area contributed by atoms with Crippen molar-refractivity contribution in [2.45, 2.75) is 6.18 Å². The first-order valence-electron chi connectivity index (χ1n) is 7.61. The van der Waals surface area contributed by atoms with E-state index in [1.807, 2.05) is 30.5 Å². The topological polar surface area (TPSA) is 52.3 Å². The van der Waals surface area contributed by atoms with Gasteiger partial charge in [0.15, 0.2) is 0 Å². The zero-order valence-electron chi connectivity index (χ0n) is 13.2. The van der Waals surface area contributed by atoms with Gasteiger partial charge in [-0.3, -0.25) is 0 Å². The molecule has 0 unspecified atom stereocenters. The van der Waals surface area contributed by atoms with E-state index in [0.717, 1.165) is 23.3 Å². The van der Waals surface area contributed by atoms with Gasteiger partial charge in [-0.15, -0.1) is 0 Å². The third-order valence-corrected chi connectivity index (χ3v) is 3.73. The Hall–Kier alpha value is -3.42. The summed E-state index contributed by atoms with van der Waals surface area (Å²) in [5.74, 6) is 0.419. The maximum Gasteiger partial charge on any atom is 0.433 e. The van der Waals surface area contributed by atoms with Crippen LogP contribution in [0.25, 0.3) is 16.6 Å². The molecule has 0 spiro atoms. The van der Waals surface area contributed by atoms with Crippen LogP contribution in [0.15, 0.2) is 67.3 Å². The summed E-state index contributed by atoms with van der Waals surface area (Å²) in [6.45, 7) is 0. The minimum Gasteiger partial charge on any atom is -0.437 e. The Morgan fingerprint density at radius 2 is 1.77 bits per heavy atom. The summed E-state index contributed by atoms with van der Waals surface area (Å²) in [6.07, 6.45) is 1.57. The predicted molar refractivity (Wildman–Crippen MR) is 87.7 cm³/mol. The van der Waals surface area contributed by atoms with E-state index in [1.54, 1.807) is 23.0 Å². The third kappa shape index (κ3) is 2.97. The van der Waals surface area contributed by atoms with Gasteiger partial charge in [-0.25, -0.2) is 14.5 Å². The Morgan fingerprint density at radius 1 is 0.885 bits per heavy atom. The lowest BCUT2D eigenvalue weighted by Crippen LogP contribution is -2.07. The van der Waals surface area contributed by atoms with Gasteiger partial charge in [0.2, 0.25) is 5.88 Å². The number of hydrogen-bond acceptors (Lipinski definition) is 4. The van der Waals surface area contributed by atoms with Gasteiger partial charge < -0.3 is 4.74 Å². The Morgan fingerprint density at radius 3 is 2.54 bits per heavy atom. The molecule has 0 atom stereocenters. The Balaban J connectivity index is 1.71. The average molecular weight is 356 g/mol. The van der Waals surface area contributed by atoms with E-state index >= 15 is 0 Å². The highest BCUT2D eigenvalue weighted by atomic mass is 19.4. The molecule has 4 heterocycles. The van der Waals surface area contributed by atoms with E-state index in [2.05, 4.69) is 15.1 Å². The van der Waals surface area contributed by atoms with Crippen LogP contribution < -0.4 is 4.74 Å². The number of nitrogens with zero attached hydrogens (tertiary/aromatic N) is 4. The van der Waals surface area contributed by atoms with Crippen LogP contribution in [0.4, 0.5) is 13.2 Å². The lowest BCUT2D eigenvalue weighted by molar-refractivity contribution is -0.141. The molecule has 5 nitrogen and oxygen atoms in total. The van der Waals surface area contributed by atoms with Crippen molar-refractivity contribution in [3.05, 3.63) is 72.9 Å². The zero-order valence-corrected chi connectivity index (χ0v) is 13.2. The minimum absolute atomic E-state index is 0.162. The van der Waals surface area contributed by atoms with Gasteiger partial charge in [0, 0.05) is 23.5 Å². The van der Waals surface area contributed by atoms with Crippen LogP contribution >= 0.6 is 0 Å². The van der Waals surface area contributed by atoms with Gasteiger partial charge in [0.25, 0.3) is 0 Å². The summed E-state index contributed by atoms with van der Waals surface area (Å²) in [7, 11) is 0. The maximum absolute atomic E-state index is 12.6. The quantitative estimate of drug-likeness (QED) is 0.538. The molecule has 4 aromatic heterocycles. The molecule has 0 radical (unpaired) electrons. The molecule has 26 heavy (non-hydrogen) atoms. The Bertz CT molecular complexity index is 1060. The fraction of sp³-hybridized carbons (Fsp3) is 0.0556. The van der Waals surface area contributed by atoms with Gasteiger partial charge in [-0.1, -0.05) is 6.07 Å². The number of alkyl halides is 3. The lowest BCUT2D eigenvalue weighted by atomic mass is 10.1. The molecule has 4 aromatic rings. The summed E-state index contributed by atoms with van der Waals surface area (Å²) in [6, 6.07) is 11.3. The summed E-state index contributed by atoms with van der Waals surface area (Å²) in [5, 5.41) is 4.28. The average Bonchev–Trinajstić information content (AvgIpc) is 3.06. The number of rotatable bonds is 3. The number of ether oxygens (including phenoxy) is 1. The monoisotopic (exact) mass is 356 g/mol. The van der Waals surface area contributed by atoms with Crippen molar-refractivity contribution in [1.82, 2.24) is 19.6 Å². The first-order chi connectivity index (χ1) is 12.5. The van der Waals surface area contributed by atoms with Gasteiger partial charge in [0.1, 0.15) is 11.4 Å². The first-order valence-corrected chi connectivity index (χ1v) is 7.61. The molecule has 0 amide bonds. The molecule has 0 bridgehead atoms. The molecule has 0 saturated heterocycles. The molecule has 130 valence electrons. The van der Waals surface area contributed by atoms with Crippen LogP contribution in [0, 0.1) is 0 Å². The highest BCUT2D eigenvalue weighted by molar-refractivity contribution is 5.82. The van der Waals surface area contributed by atoms with Crippen LogP contribution in [0.3, 0.4) is 0 Å². The van der Waals surface area contributed by atoms with E-state index < -0.39 is 11.9 Å². The third-order valence-electron chi connectivity index (χ3n) is 3.73. The largest absolute Gasteiger partial charge is 0.437 e. The van der Waals surface area contributed by atoms with Crippen LogP contribution in [0.2, 0.25) is 0 Å². The van der Waals surface area contributed by atoms with E-state index in [4.69, 9.17) is 4.74 Å². The number of aromatic nitrogens is 4.